The van der Waals surface area contributed by atoms with Crippen molar-refractivity contribution >= 4 is 11.7 Å². The van der Waals surface area contributed by atoms with Gasteiger partial charge in [-0.25, -0.2) is 13.6 Å². The molecule has 1 unspecified atom stereocenters. The minimum Gasteiger partial charge on any atom is -0.459 e. The first-order valence-electron chi connectivity index (χ1n) is 9.29. The molecule has 0 spiro atoms. The van der Waals surface area contributed by atoms with Crippen LogP contribution in [0.2, 0.25) is 0 Å². The number of esters is 1. The largest absolute Gasteiger partial charge is 0.459 e. The standard InChI is InChI=1S/C21H22F2N2O2/c22-16-6-7-17(23)18(12-16)24-20(15-4-2-1-3-5-15)21(26)27-19-13-25-10-8-14(19)9-11-25/h1-7,12,14,19-20,24H,8-11,13H2/t19?,20-/m1/s1. The highest BCUT2D eigenvalue weighted by atomic mass is 19.1. The third-order valence-electron chi connectivity index (χ3n) is 5.46. The van der Waals surface area contributed by atoms with Crippen LogP contribution in [-0.2, 0) is 9.53 Å². The maximum absolute atomic E-state index is 14.1. The third-order valence-corrected chi connectivity index (χ3v) is 5.46. The number of carbonyl (C=O) groups excluding carboxylic acids is 1. The van der Waals surface area contributed by atoms with E-state index in [4.69, 9.17) is 4.74 Å². The van der Waals surface area contributed by atoms with Crippen LogP contribution in [0.3, 0.4) is 0 Å². The van der Waals surface area contributed by atoms with Crippen molar-refractivity contribution in [3.63, 3.8) is 0 Å². The van der Waals surface area contributed by atoms with Crippen LogP contribution < -0.4 is 5.32 Å². The number of nitrogens with one attached hydrogen (secondary N) is 1. The molecular weight excluding hydrogens is 350 g/mol. The molecule has 3 aliphatic heterocycles. The summed E-state index contributed by atoms with van der Waals surface area (Å²) in [6.45, 7) is 2.84. The van der Waals surface area contributed by atoms with E-state index in [9.17, 15) is 13.6 Å². The summed E-state index contributed by atoms with van der Waals surface area (Å²) in [7, 11) is 0. The van der Waals surface area contributed by atoms with E-state index in [0.717, 1.165) is 50.7 Å². The summed E-state index contributed by atoms with van der Waals surface area (Å²) in [4.78, 5) is 15.3. The highest BCUT2D eigenvalue weighted by Gasteiger charge is 2.38. The molecule has 3 saturated heterocycles. The Hall–Kier alpha value is -2.47. The Labute approximate surface area is 157 Å². The number of benzene rings is 2. The lowest BCUT2D eigenvalue weighted by molar-refractivity contribution is -0.159. The number of nitrogens with zero attached hydrogens (tertiary/aromatic N) is 1. The molecule has 1 N–H and O–H groups in total. The molecule has 3 aliphatic rings. The van der Waals surface area contributed by atoms with Crippen LogP contribution in [0.5, 0.6) is 0 Å². The number of fused-ring (bicyclic) bond motifs is 3. The number of hydrogen-bond donors (Lipinski definition) is 1. The molecule has 2 aromatic rings. The molecule has 0 radical (unpaired) electrons. The van der Waals surface area contributed by atoms with Crippen LogP contribution in [0.1, 0.15) is 24.4 Å². The summed E-state index contributed by atoms with van der Waals surface area (Å²) in [5.74, 6) is -1.28. The van der Waals surface area contributed by atoms with Gasteiger partial charge in [0.1, 0.15) is 17.7 Å². The van der Waals surface area contributed by atoms with Gasteiger partial charge in [-0.1, -0.05) is 30.3 Å². The highest BCUT2D eigenvalue weighted by molar-refractivity contribution is 5.81. The second kappa shape index (κ2) is 7.64. The van der Waals surface area contributed by atoms with Crippen molar-refractivity contribution < 1.29 is 18.3 Å². The van der Waals surface area contributed by atoms with Crippen molar-refractivity contribution in [3.05, 3.63) is 65.7 Å². The predicted octanol–water partition coefficient (Wildman–Crippen LogP) is 3.76. The zero-order valence-corrected chi connectivity index (χ0v) is 14.9. The molecule has 0 amide bonds. The van der Waals surface area contributed by atoms with Crippen molar-refractivity contribution in [1.82, 2.24) is 4.90 Å². The van der Waals surface area contributed by atoms with E-state index in [2.05, 4.69) is 10.2 Å². The van der Waals surface area contributed by atoms with Gasteiger partial charge in [-0.05, 0) is 55.6 Å². The van der Waals surface area contributed by atoms with E-state index in [1.807, 2.05) is 6.07 Å². The van der Waals surface area contributed by atoms with Gasteiger partial charge in [0.2, 0.25) is 0 Å². The zero-order valence-electron chi connectivity index (χ0n) is 14.9. The topological polar surface area (TPSA) is 41.6 Å². The predicted molar refractivity (Wildman–Crippen MR) is 98.2 cm³/mol. The lowest BCUT2D eigenvalue weighted by Gasteiger charge is -2.44. The second-order valence-corrected chi connectivity index (χ2v) is 7.23. The Morgan fingerprint density at radius 1 is 1.11 bits per heavy atom. The number of ether oxygens (including phenoxy) is 1. The second-order valence-electron chi connectivity index (χ2n) is 7.23. The molecule has 3 fully saturated rings. The van der Waals surface area contributed by atoms with Crippen LogP contribution >= 0.6 is 0 Å². The van der Waals surface area contributed by atoms with Crippen molar-refractivity contribution in [2.75, 3.05) is 25.0 Å². The Balaban J connectivity index is 1.56. The fraction of sp³-hybridized carbons (Fsp3) is 0.381. The molecule has 27 heavy (non-hydrogen) atoms. The molecule has 0 saturated carbocycles. The number of hydrogen-bond acceptors (Lipinski definition) is 4. The van der Waals surface area contributed by atoms with Crippen molar-refractivity contribution in [2.45, 2.75) is 25.0 Å². The lowest BCUT2D eigenvalue weighted by Crippen LogP contribution is -2.52. The monoisotopic (exact) mass is 372 g/mol. The quantitative estimate of drug-likeness (QED) is 0.812. The van der Waals surface area contributed by atoms with Gasteiger partial charge in [0.05, 0.1) is 5.69 Å². The molecule has 0 aliphatic carbocycles. The Kier molecular flexibility index (Phi) is 5.07. The first kappa shape index (κ1) is 17.9. The molecule has 2 aromatic carbocycles. The van der Waals surface area contributed by atoms with E-state index in [1.165, 1.54) is 0 Å². The molecule has 142 valence electrons. The maximum atomic E-state index is 14.1. The van der Waals surface area contributed by atoms with Gasteiger partial charge in [-0.15, -0.1) is 0 Å². The van der Waals surface area contributed by atoms with Gasteiger partial charge < -0.3 is 10.1 Å². The van der Waals surface area contributed by atoms with E-state index in [1.54, 1.807) is 24.3 Å². The SMILES string of the molecule is O=C(OC1CN2CCC1CC2)[C@H](Nc1cc(F)ccc1F)c1ccccc1. The minimum absolute atomic E-state index is 0.0604. The first-order chi connectivity index (χ1) is 13.1. The molecular formula is C21H22F2N2O2. The summed E-state index contributed by atoms with van der Waals surface area (Å²) in [6.07, 6.45) is 1.91. The molecule has 3 heterocycles. The lowest BCUT2D eigenvalue weighted by atomic mass is 9.86. The summed E-state index contributed by atoms with van der Waals surface area (Å²) < 4.78 is 33.5. The average molecular weight is 372 g/mol. The maximum Gasteiger partial charge on any atom is 0.333 e. The molecule has 5 rings (SSSR count). The van der Waals surface area contributed by atoms with Gasteiger partial charge in [0.25, 0.3) is 0 Å². The first-order valence-corrected chi connectivity index (χ1v) is 9.29. The fourth-order valence-electron chi connectivity index (χ4n) is 3.95. The third kappa shape index (κ3) is 3.95. The van der Waals surface area contributed by atoms with Crippen molar-refractivity contribution in [3.8, 4) is 0 Å². The van der Waals surface area contributed by atoms with Crippen LogP contribution in [0.15, 0.2) is 48.5 Å². The summed E-state index contributed by atoms with van der Waals surface area (Å²) in [5, 5.41) is 2.83. The van der Waals surface area contributed by atoms with Crippen LogP contribution in [0, 0.1) is 17.6 Å². The summed E-state index contributed by atoms with van der Waals surface area (Å²) in [5.41, 5.74) is 0.585. The van der Waals surface area contributed by atoms with Crippen molar-refractivity contribution in [2.24, 2.45) is 5.92 Å². The van der Waals surface area contributed by atoms with Gasteiger partial charge in [-0.2, -0.15) is 0 Å². The number of carbonyl (C=O) groups is 1. The fourth-order valence-corrected chi connectivity index (χ4v) is 3.95. The minimum atomic E-state index is -0.905. The normalized spacial score (nSPS) is 25.0. The van der Waals surface area contributed by atoms with Gasteiger partial charge in [0, 0.05) is 6.54 Å². The van der Waals surface area contributed by atoms with Crippen LogP contribution in [0.25, 0.3) is 0 Å². The smallest absolute Gasteiger partial charge is 0.333 e. The van der Waals surface area contributed by atoms with Crippen LogP contribution in [-0.4, -0.2) is 36.6 Å². The molecule has 0 aromatic heterocycles. The zero-order chi connectivity index (χ0) is 18.8. The molecule has 2 bridgehead atoms. The van der Waals surface area contributed by atoms with E-state index in [0.29, 0.717) is 11.5 Å². The Bertz CT molecular complexity index is 807. The van der Waals surface area contributed by atoms with Gasteiger partial charge >= 0.3 is 5.97 Å². The average Bonchev–Trinajstić information content (AvgIpc) is 2.70. The van der Waals surface area contributed by atoms with Gasteiger partial charge in [0.15, 0.2) is 6.04 Å². The number of piperidine rings is 3. The summed E-state index contributed by atoms with van der Waals surface area (Å²) in [6, 6.07) is 11.2. The van der Waals surface area contributed by atoms with Crippen LogP contribution in [0.4, 0.5) is 14.5 Å². The number of halogens is 2. The van der Waals surface area contributed by atoms with E-state index in [-0.39, 0.29) is 11.8 Å². The Morgan fingerprint density at radius 3 is 2.52 bits per heavy atom. The summed E-state index contributed by atoms with van der Waals surface area (Å²) >= 11 is 0. The molecule has 6 heteroatoms. The number of rotatable bonds is 5. The Morgan fingerprint density at radius 2 is 1.85 bits per heavy atom. The van der Waals surface area contributed by atoms with E-state index >= 15 is 0 Å². The highest BCUT2D eigenvalue weighted by Crippen LogP contribution is 2.31. The van der Waals surface area contributed by atoms with E-state index < -0.39 is 23.6 Å². The molecule has 4 nitrogen and oxygen atoms in total. The number of anilines is 1. The molecule has 2 atom stereocenters. The van der Waals surface area contributed by atoms with Crippen molar-refractivity contribution in [1.29, 1.82) is 0 Å². The van der Waals surface area contributed by atoms with Gasteiger partial charge in [-0.3, -0.25) is 4.90 Å².